The average Bonchev–Trinajstić information content (AvgIpc) is 2.89. The normalized spacial score (nSPS) is 27.2. The van der Waals surface area contributed by atoms with Gasteiger partial charge >= 0.3 is 5.97 Å². The predicted molar refractivity (Wildman–Crippen MR) is 75.4 cm³/mol. The van der Waals surface area contributed by atoms with Crippen LogP contribution in [0.5, 0.6) is 0 Å². The lowest BCUT2D eigenvalue weighted by Crippen LogP contribution is -2.50. The molecule has 2 fully saturated rings. The quantitative estimate of drug-likeness (QED) is 0.845. The Kier molecular flexibility index (Phi) is 4.71. The van der Waals surface area contributed by atoms with Gasteiger partial charge in [-0.25, -0.2) is 0 Å². The Hall–Kier alpha value is -0.660. The molecule has 1 atom stereocenters. The molecule has 7 heteroatoms. The number of carboxylic acids is 1. The molecule has 0 radical (unpaired) electrons. The number of hydrogen-bond acceptors (Lipinski definition) is 3. The van der Waals surface area contributed by atoms with E-state index in [-0.39, 0.29) is 6.04 Å². The molecule has 0 amide bonds. The van der Waals surface area contributed by atoms with Crippen molar-refractivity contribution in [1.29, 1.82) is 0 Å². The summed E-state index contributed by atoms with van der Waals surface area (Å²) in [5, 5.41) is 8.98. The molecule has 2 rings (SSSR count). The Morgan fingerprint density at radius 1 is 1.15 bits per heavy atom. The van der Waals surface area contributed by atoms with Crippen LogP contribution in [-0.2, 0) is 15.0 Å². The molecule has 0 aromatic carbocycles. The van der Waals surface area contributed by atoms with Crippen LogP contribution in [0.3, 0.4) is 0 Å². The van der Waals surface area contributed by atoms with Gasteiger partial charge in [-0.2, -0.15) is 17.0 Å². The van der Waals surface area contributed by atoms with Crippen molar-refractivity contribution in [2.45, 2.75) is 45.6 Å². The molecule has 1 N–H and O–H groups in total. The maximum atomic E-state index is 12.7. The van der Waals surface area contributed by atoms with E-state index in [2.05, 4.69) is 13.8 Å². The molecule has 2 aliphatic rings. The van der Waals surface area contributed by atoms with Crippen molar-refractivity contribution in [2.75, 3.05) is 19.6 Å². The van der Waals surface area contributed by atoms with Gasteiger partial charge in [0.05, 0.1) is 5.92 Å². The molecule has 0 spiro atoms. The van der Waals surface area contributed by atoms with E-state index in [0.29, 0.717) is 38.4 Å². The van der Waals surface area contributed by atoms with Gasteiger partial charge in [-0.3, -0.25) is 4.79 Å². The maximum Gasteiger partial charge on any atom is 0.306 e. The van der Waals surface area contributed by atoms with Gasteiger partial charge in [-0.15, -0.1) is 0 Å². The smallest absolute Gasteiger partial charge is 0.306 e. The first-order valence-electron chi connectivity index (χ1n) is 7.33. The van der Waals surface area contributed by atoms with Gasteiger partial charge in [0.15, 0.2) is 0 Å². The Labute approximate surface area is 120 Å². The van der Waals surface area contributed by atoms with Gasteiger partial charge in [0.2, 0.25) is 0 Å². The van der Waals surface area contributed by atoms with Crippen LogP contribution in [0.1, 0.15) is 39.5 Å². The number of hydrogen-bond donors (Lipinski definition) is 1. The van der Waals surface area contributed by atoms with Gasteiger partial charge in [0.1, 0.15) is 0 Å². The lowest BCUT2D eigenvalue weighted by atomic mass is 9.99. The van der Waals surface area contributed by atoms with Gasteiger partial charge < -0.3 is 5.11 Å². The van der Waals surface area contributed by atoms with Crippen molar-refractivity contribution >= 4 is 16.2 Å². The first-order chi connectivity index (χ1) is 9.34. The highest BCUT2D eigenvalue weighted by Gasteiger charge is 2.40. The largest absolute Gasteiger partial charge is 0.481 e. The number of piperidine rings is 1. The van der Waals surface area contributed by atoms with E-state index in [9.17, 15) is 13.2 Å². The van der Waals surface area contributed by atoms with E-state index in [1.54, 1.807) is 4.31 Å². The monoisotopic (exact) mass is 304 g/mol. The second-order valence-corrected chi connectivity index (χ2v) is 7.96. The molecule has 0 aromatic heterocycles. The van der Waals surface area contributed by atoms with Gasteiger partial charge in [0, 0.05) is 25.7 Å². The first-order valence-corrected chi connectivity index (χ1v) is 8.73. The van der Waals surface area contributed by atoms with Gasteiger partial charge in [-0.05, 0) is 31.6 Å². The second-order valence-electron chi connectivity index (χ2n) is 6.08. The molecule has 0 bridgehead atoms. The molecule has 116 valence electrons. The van der Waals surface area contributed by atoms with E-state index >= 15 is 0 Å². The minimum absolute atomic E-state index is 0.0807. The van der Waals surface area contributed by atoms with Crippen LogP contribution in [0.4, 0.5) is 0 Å². The molecule has 2 saturated heterocycles. The zero-order chi connectivity index (χ0) is 14.9. The molecule has 1 unspecified atom stereocenters. The lowest BCUT2D eigenvalue weighted by molar-refractivity contribution is -0.142. The van der Waals surface area contributed by atoms with E-state index < -0.39 is 22.1 Å². The molecule has 20 heavy (non-hydrogen) atoms. The number of aliphatic carboxylic acids is 1. The van der Waals surface area contributed by atoms with Gasteiger partial charge in [0.25, 0.3) is 10.2 Å². The average molecular weight is 304 g/mol. The molecular weight excluding hydrogens is 280 g/mol. The fourth-order valence-corrected chi connectivity index (χ4v) is 5.22. The number of carboxylic acid groups (broad SMARTS) is 1. The number of rotatable bonds is 4. The first kappa shape index (κ1) is 15.7. The topological polar surface area (TPSA) is 77.9 Å². The number of carbonyl (C=O) groups is 1. The van der Waals surface area contributed by atoms with E-state index in [0.717, 1.165) is 12.8 Å². The van der Waals surface area contributed by atoms with Gasteiger partial charge in [-0.1, -0.05) is 13.8 Å². The standard InChI is InChI=1S/C13H24N2O4S/c1-10(2)12-4-3-7-15(12)20(18,19)14-8-5-11(6-9-14)13(16)17/h10-12H,3-9H2,1-2H3,(H,16,17). The summed E-state index contributed by atoms with van der Waals surface area (Å²) in [7, 11) is -3.43. The van der Waals surface area contributed by atoms with Crippen LogP contribution in [0.2, 0.25) is 0 Å². The minimum atomic E-state index is -3.43. The number of nitrogens with zero attached hydrogens (tertiary/aromatic N) is 2. The molecule has 0 aromatic rings. The van der Waals surface area contributed by atoms with E-state index in [1.165, 1.54) is 4.31 Å². The van der Waals surface area contributed by atoms with Crippen molar-refractivity contribution in [2.24, 2.45) is 11.8 Å². The Balaban J connectivity index is 2.06. The summed E-state index contributed by atoms with van der Waals surface area (Å²) in [6.07, 6.45) is 2.65. The summed E-state index contributed by atoms with van der Waals surface area (Å²) in [5.41, 5.74) is 0. The van der Waals surface area contributed by atoms with Crippen molar-refractivity contribution in [3.8, 4) is 0 Å². The highest BCUT2D eigenvalue weighted by molar-refractivity contribution is 7.86. The summed E-state index contributed by atoms with van der Waals surface area (Å²) in [5.74, 6) is -0.909. The van der Waals surface area contributed by atoms with E-state index in [1.807, 2.05) is 0 Å². The molecule has 2 aliphatic heterocycles. The SMILES string of the molecule is CC(C)C1CCCN1S(=O)(=O)N1CCC(C(=O)O)CC1. The summed E-state index contributed by atoms with van der Waals surface area (Å²) < 4.78 is 28.5. The third-order valence-electron chi connectivity index (χ3n) is 4.44. The van der Waals surface area contributed by atoms with Crippen LogP contribution >= 0.6 is 0 Å². The minimum Gasteiger partial charge on any atom is -0.481 e. The van der Waals surface area contributed by atoms with Crippen molar-refractivity contribution in [1.82, 2.24) is 8.61 Å². The van der Waals surface area contributed by atoms with Crippen LogP contribution < -0.4 is 0 Å². The summed E-state index contributed by atoms with van der Waals surface area (Å²) >= 11 is 0. The Morgan fingerprint density at radius 2 is 1.75 bits per heavy atom. The predicted octanol–water partition coefficient (Wildman–Crippen LogP) is 1.15. The van der Waals surface area contributed by atoms with Crippen molar-refractivity contribution in [3.63, 3.8) is 0 Å². The molecule has 0 saturated carbocycles. The fourth-order valence-electron chi connectivity index (χ4n) is 3.20. The molecular formula is C13H24N2O4S. The Morgan fingerprint density at radius 3 is 2.25 bits per heavy atom. The van der Waals surface area contributed by atoms with Crippen LogP contribution in [-0.4, -0.2) is 53.8 Å². The van der Waals surface area contributed by atoms with Crippen LogP contribution in [0, 0.1) is 11.8 Å². The zero-order valence-electron chi connectivity index (χ0n) is 12.2. The lowest BCUT2D eigenvalue weighted by Gasteiger charge is -2.35. The second kappa shape index (κ2) is 5.99. The highest BCUT2D eigenvalue weighted by Crippen LogP contribution is 2.30. The highest BCUT2D eigenvalue weighted by atomic mass is 32.2. The summed E-state index contributed by atoms with van der Waals surface area (Å²) in [6, 6.07) is 0.0807. The molecule has 2 heterocycles. The summed E-state index contributed by atoms with van der Waals surface area (Å²) in [4.78, 5) is 10.9. The molecule has 6 nitrogen and oxygen atoms in total. The summed E-state index contributed by atoms with van der Waals surface area (Å²) in [6.45, 7) is 5.33. The van der Waals surface area contributed by atoms with Crippen LogP contribution in [0.25, 0.3) is 0 Å². The third kappa shape index (κ3) is 2.99. The fraction of sp³-hybridized carbons (Fsp3) is 0.923. The van der Waals surface area contributed by atoms with Crippen LogP contribution in [0.15, 0.2) is 0 Å². The zero-order valence-corrected chi connectivity index (χ0v) is 13.0. The molecule has 0 aliphatic carbocycles. The van der Waals surface area contributed by atoms with Crippen molar-refractivity contribution < 1.29 is 18.3 Å². The van der Waals surface area contributed by atoms with E-state index in [4.69, 9.17) is 5.11 Å². The Bertz CT molecular complexity index is 455. The maximum absolute atomic E-state index is 12.7. The van der Waals surface area contributed by atoms with Crippen molar-refractivity contribution in [3.05, 3.63) is 0 Å². The third-order valence-corrected chi connectivity index (χ3v) is 6.51.